The van der Waals surface area contributed by atoms with E-state index in [0.717, 1.165) is 11.3 Å². The van der Waals surface area contributed by atoms with Gasteiger partial charge in [-0.05, 0) is 0 Å². The highest BCUT2D eigenvalue weighted by Crippen LogP contribution is 2.17. The van der Waals surface area contributed by atoms with Gasteiger partial charge >= 0.3 is 0 Å². The first kappa shape index (κ1) is 15.4. The maximum absolute atomic E-state index is 11.6. The number of hydrazine groups is 1. The van der Waals surface area contributed by atoms with Crippen molar-refractivity contribution in [1.29, 1.82) is 0 Å². The van der Waals surface area contributed by atoms with Crippen molar-refractivity contribution in [2.45, 2.75) is 6.92 Å². The Morgan fingerprint density at radius 3 is 2.65 bits per heavy atom. The van der Waals surface area contributed by atoms with Crippen molar-refractivity contribution in [1.82, 2.24) is 21.2 Å². The van der Waals surface area contributed by atoms with Crippen LogP contribution in [0.1, 0.15) is 17.4 Å². The molecule has 0 saturated heterocycles. The Morgan fingerprint density at radius 2 is 2.05 bits per heavy atom. The van der Waals surface area contributed by atoms with Crippen molar-refractivity contribution >= 4 is 40.1 Å². The molecule has 0 aliphatic rings. The third kappa shape index (κ3) is 5.30. The van der Waals surface area contributed by atoms with E-state index in [2.05, 4.69) is 26.1 Å². The summed E-state index contributed by atoms with van der Waals surface area (Å²) in [6.45, 7) is 1.03. The molecular formula is C9H13N7O3S. The van der Waals surface area contributed by atoms with Crippen LogP contribution in [0.4, 0.5) is 5.13 Å². The smallest absolute Gasteiger partial charge is 0.289 e. The summed E-state index contributed by atoms with van der Waals surface area (Å²) in [5, 5.41) is 3.92. The average molecular weight is 299 g/mol. The number of rotatable bonds is 4. The maximum Gasteiger partial charge on any atom is 0.289 e. The zero-order chi connectivity index (χ0) is 15.1. The molecule has 1 aromatic heterocycles. The van der Waals surface area contributed by atoms with Gasteiger partial charge in [-0.3, -0.25) is 25.2 Å². The molecule has 11 heteroatoms. The third-order valence-electron chi connectivity index (χ3n) is 1.76. The monoisotopic (exact) mass is 299 g/mol. The van der Waals surface area contributed by atoms with Crippen LogP contribution in [-0.2, 0) is 9.59 Å². The number of aromatic nitrogens is 1. The predicted molar refractivity (Wildman–Crippen MR) is 71.9 cm³/mol. The van der Waals surface area contributed by atoms with Gasteiger partial charge in [0.2, 0.25) is 11.0 Å². The van der Waals surface area contributed by atoms with Crippen LogP contribution >= 0.6 is 11.3 Å². The maximum atomic E-state index is 11.6. The molecule has 1 aromatic rings. The Balaban J connectivity index is 2.47. The van der Waals surface area contributed by atoms with Crippen LogP contribution in [0.3, 0.4) is 0 Å². The van der Waals surface area contributed by atoms with Gasteiger partial charge in [0, 0.05) is 12.3 Å². The molecule has 10 nitrogen and oxygen atoms in total. The Kier molecular flexibility index (Phi) is 5.41. The fraction of sp³-hybridized carbons (Fsp3) is 0.222. The molecule has 0 atom stereocenters. The Labute approximate surface area is 117 Å². The summed E-state index contributed by atoms with van der Waals surface area (Å²) in [6, 6.07) is 0. The Morgan fingerprint density at radius 1 is 1.35 bits per heavy atom. The number of guanidine groups is 1. The van der Waals surface area contributed by atoms with Gasteiger partial charge in [-0.2, -0.15) is 4.99 Å². The van der Waals surface area contributed by atoms with Crippen LogP contribution in [-0.4, -0.2) is 35.2 Å². The van der Waals surface area contributed by atoms with Crippen LogP contribution in [0.5, 0.6) is 0 Å². The van der Waals surface area contributed by atoms with Crippen LogP contribution in [0, 0.1) is 0 Å². The number of carbonyl (C=O) groups is 3. The van der Waals surface area contributed by atoms with E-state index >= 15 is 0 Å². The summed E-state index contributed by atoms with van der Waals surface area (Å²) in [4.78, 5) is 40.9. The van der Waals surface area contributed by atoms with Gasteiger partial charge in [-0.1, -0.05) is 0 Å². The molecule has 0 unspecified atom stereocenters. The zero-order valence-corrected chi connectivity index (χ0v) is 11.3. The summed E-state index contributed by atoms with van der Waals surface area (Å²) < 4.78 is 0. The largest absolute Gasteiger partial charge is 0.370 e. The molecular weight excluding hydrogens is 286 g/mol. The molecule has 0 aromatic carbocycles. The van der Waals surface area contributed by atoms with E-state index in [1.54, 1.807) is 0 Å². The second kappa shape index (κ2) is 7.04. The van der Waals surface area contributed by atoms with Crippen molar-refractivity contribution in [2.75, 3.05) is 6.54 Å². The topological polar surface area (TPSA) is 165 Å². The molecule has 1 rings (SSSR count). The summed E-state index contributed by atoms with van der Waals surface area (Å²) in [7, 11) is 0. The van der Waals surface area contributed by atoms with E-state index in [1.807, 2.05) is 0 Å². The highest BCUT2D eigenvalue weighted by molar-refractivity contribution is 7.13. The fourth-order valence-corrected chi connectivity index (χ4v) is 1.66. The molecule has 1 heterocycles. The molecule has 108 valence electrons. The highest BCUT2D eigenvalue weighted by atomic mass is 32.1. The second-order valence-corrected chi connectivity index (χ2v) is 4.30. The Bertz CT molecular complexity index is 549. The molecule has 0 radical (unpaired) electrons. The molecule has 7 N–H and O–H groups in total. The lowest BCUT2D eigenvalue weighted by Crippen LogP contribution is -2.46. The molecule has 20 heavy (non-hydrogen) atoms. The van der Waals surface area contributed by atoms with E-state index in [9.17, 15) is 14.4 Å². The molecule has 0 spiro atoms. The lowest BCUT2D eigenvalue weighted by atomic mass is 10.5. The van der Waals surface area contributed by atoms with Gasteiger partial charge in [0.1, 0.15) is 5.69 Å². The summed E-state index contributed by atoms with van der Waals surface area (Å²) in [5.74, 6) is -1.73. The van der Waals surface area contributed by atoms with E-state index in [1.165, 1.54) is 12.3 Å². The van der Waals surface area contributed by atoms with Gasteiger partial charge in [-0.25, -0.2) is 4.98 Å². The predicted octanol–water partition coefficient (Wildman–Crippen LogP) is -2.05. The number of nitrogens with one attached hydrogen (secondary N) is 3. The number of nitrogens with zero attached hydrogens (tertiary/aromatic N) is 2. The van der Waals surface area contributed by atoms with Gasteiger partial charge < -0.3 is 16.8 Å². The summed E-state index contributed by atoms with van der Waals surface area (Å²) >= 11 is 1.07. The van der Waals surface area contributed by atoms with E-state index in [4.69, 9.17) is 11.5 Å². The van der Waals surface area contributed by atoms with Crippen molar-refractivity contribution < 1.29 is 14.4 Å². The van der Waals surface area contributed by atoms with Gasteiger partial charge in [0.05, 0.1) is 6.54 Å². The van der Waals surface area contributed by atoms with E-state index in [-0.39, 0.29) is 29.2 Å². The first-order chi connectivity index (χ1) is 9.38. The van der Waals surface area contributed by atoms with Crippen molar-refractivity contribution in [3.8, 4) is 0 Å². The molecule has 0 fully saturated rings. The van der Waals surface area contributed by atoms with E-state index in [0.29, 0.717) is 0 Å². The lowest BCUT2D eigenvalue weighted by molar-refractivity contribution is -0.125. The number of aliphatic imine (C=N–C) groups is 1. The zero-order valence-electron chi connectivity index (χ0n) is 10.5. The van der Waals surface area contributed by atoms with Crippen LogP contribution in [0.25, 0.3) is 0 Å². The molecule has 0 saturated carbocycles. The van der Waals surface area contributed by atoms with Gasteiger partial charge in [0.15, 0.2) is 5.96 Å². The van der Waals surface area contributed by atoms with E-state index < -0.39 is 11.8 Å². The van der Waals surface area contributed by atoms with Crippen LogP contribution < -0.4 is 27.6 Å². The molecule has 0 aliphatic carbocycles. The second-order valence-electron chi connectivity index (χ2n) is 3.46. The number of nitrogens with two attached hydrogens (primary N) is 2. The number of amides is 3. The van der Waals surface area contributed by atoms with Gasteiger partial charge in [0.25, 0.3) is 11.8 Å². The minimum atomic E-state index is -0.630. The van der Waals surface area contributed by atoms with Gasteiger partial charge in [-0.15, -0.1) is 11.3 Å². The minimum Gasteiger partial charge on any atom is -0.370 e. The number of hydrogen-bond acceptors (Lipinski definition) is 6. The molecule has 0 bridgehead atoms. The average Bonchev–Trinajstić information content (AvgIpc) is 2.81. The number of hydrogen-bond donors (Lipinski definition) is 5. The Hall–Kier alpha value is -2.69. The van der Waals surface area contributed by atoms with Crippen LogP contribution in [0.15, 0.2) is 10.4 Å². The first-order valence-corrected chi connectivity index (χ1v) is 6.15. The molecule has 0 aliphatic heterocycles. The first-order valence-electron chi connectivity index (χ1n) is 5.27. The summed E-state index contributed by atoms with van der Waals surface area (Å²) in [6.07, 6.45) is 0. The number of thiazole rings is 1. The van der Waals surface area contributed by atoms with Crippen molar-refractivity contribution in [2.24, 2.45) is 16.5 Å². The standard InChI is InChI=1S/C9H13N7O3S/c1-4(17)12-2-6(18)15-16-7(19)5-3-20-9(13-5)14-8(10)11/h3H,2H2,1H3,(H,12,17)(H,15,18)(H,16,19)(H4,10,11,13,14). The minimum absolute atomic E-state index is 0.0508. The van der Waals surface area contributed by atoms with Crippen molar-refractivity contribution in [3.63, 3.8) is 0 Å². The quantitative estimate of drug-likeness (QED) is 0.244. The SMILES string of the molecule is CC(=O)NCC(=O)NNC(=O)c1csc(N=C(N)N)n1. The highest BCUT2D eigenvalue weighted by Gasteiger charge is 2.11. The third-order valence-corrected chi connectivity index (χ3v) is 2.50. The lowest BCUT2D eigenvalue weighted by Gasteiger charge is -2.05. The number of carbonyl (C=O) groups excluding carboxylic acids is 3. The van der Waals surface area contributed by atoms with Crippen LogP contribution in [0.2, 0.25) is 0 Å². The fourth-order valence-electron chi connectivity index (χ4n) is 0.970. The molecule has 3 amide bonds. The summed E-state index contributed by atoms with van der Waals surface area (Å²) in [5.41, 5.74) is 14.6. The normalized spacial score (nSPS) is 9.45. The van der Waals surface area contributed by atoms with Crippen molar-refractivity contribution in [3.05, 3.63) is 11.1 Å².